The van der Waals surface area contributed by atoms with Crippen LogP contribution in [0.1, 0.15) is 27.3 Å². The maximum absolute atomic E-state index is 14.5. The number of hydrogen-bond acceptors (Lipinski definition) is 3. The summed E-state index contributed by atoms with van der Waals surface area (Å²) in [5.41, 5.74) is 3.02. The summed E-state index contributed by atoms with van der Waals surface area (Å²) in [7, 11) is 1.69. The van der Waals surface area contributed by atoms with Crippen LogP contribution in [0.5, 0.6) is 0 Å². The highest BCUT2D eigenvalue weighted by molar-refractivity contribution is 6.03. The van der Waals surface area contributed by atoms with Crippen molar-refractivity contribution in [2.45, 2.75) is 19.9 Å². The highest BCUT2D eigenvalue weighted by atomic mass is 19.1. The molecule has 3 rings (SSSR count). The highest BCUT2D eigenvalue weighted by Gasteiger charge is 2.19. The number of rotatable bonds is 2. The second-order valence-electron chi connectivity index (χ2n) is 5.24. The largest absolute Gasteiger partial charge is 0.318 e. The summed E-state index contributed by atoms with van der Waals surface area (Å²) in [5.74, 6) is -0.688. The van der Waals surface area contributed by atoms with Crippen molar-refractivity contribution >= 4 is 11.6 Å². The first-order valence-electron chi connectivity index (χ1n) is 6.89. The molecule has 1 aromatic carbocycles. The van der Waals surface area contributed by atoms with E-state index in [1.54, 1.807) is 19.2 Å². The molecule has 110 valence electrons. The van der Waals surface area contributed by atoms with Crippen LogP contribution < -0.4 is 10.6 Å². The minimum absolute atomic E-state index is 0.222. The van der Waals surface area contributed by atoms with Crippen LogP contribution in [-0.4, -0.2) is 22.2 Å². The predicted octanol–water partition coefficient (Wildman–Crippen LogP) is 1.77. The third kappa shape index (κ3) is 2.54. The lowest BCUT2D eigenvalue weighted by Crippen LogP contribution is -2.25. The van der Waals surface area contributed by atoms with Gasteiger partial charge < -0.3 is 10.6 Å². The fraction of sp³-hybridized carbons (Fsp3) is 0.333. The number of aryl methyl sites for hydroxylation is 2. The van der Waals surface area contributed by atoms with Gasteiger partial charge in [0.15, 0.2) is 0 Å². The normalized spacial score (nSPS) is 13.9. The second kappa shape index (κ2) is 5.29. The Balaban J connectivity index is 1.88. The first-order valence-corrected chi connectivity index (χ1v) is 6.89. The molecule has 5 nitrogen and oxygen atoms in total. The van der Waals surface area contributed by atoms with E-state index in [-0.39, 0.29) is 17.4 Å². The van der Waals surface area contributed by atoms with Gasteiger partial charge >= 0.3 is 0 Å². The molecule has 0 spiro atoms. The van der Waals surface area contributed by atoms with Gasteiger partial charge in [0.2, 0.25) is 0 Å². The average molecular weight is 288 g/mol. The van der Waals surface area contributed by atoms with Crippen molar-refractivity contribution in [3.8, 4) is 0 Å². The number of fused-ring (bicyclic) bond motifs is 1. The Bertz CT molecular complexity index is 708. The number of halogens is 1. The third-order valence-electron chi connectivity index (χ3n) is 3.69. The zero-order chi connectivity index (χ0) is 15.0. The molecule has 1 aliphatic heterocycles. The number of amides is 1. The van der Waals surface area contributed by atoms with Gasteiger partial charge in [0.05, 0.1) is 11.4 Å². The summed E-state index contributed by atoms with van der Waals surface area (Å²) < 4.78 is 16.0. The molecule has 2 heterocycles. The van der Waals surface area contributed by atoms with E-state index >= 15 is 0 Å². The second-order valence-corrected chi connectivity index (χ2v) is 5.24. The quantitative estimate of drug-likeness (QED) is 0.885. The molecule has 2 aromatic rings. The first kappa shape index (κ1) is 13.8. The Morgan fingerprint density at radius 2 is 2.29 bits per heavy atom. The number of carbonyl (C=O) groups excluding carboxylic acids is 1. The van der Waals surface area contributed by atoms with Crippen LogP contribution in [0.2, 0.25) is 0 Å². The summed E-state index contributed by atoms with van der Waals surface area (Å²) in [4.78, 5) is 12.2. The highest BCUT2D eigenvalue weighted by Crippen LogP contribution is 2.24. The molecular formula is C15H17FN4O. The zero-order valence-corrected chi connectivity index (χ0v) is 12.0. The maximum atomic E-state index is 14.5. The van der Waals surface area contributed by atoms with Crippen LogP contribution in [0.3, 0.4) is 0 Å². The molecule has 2 N–H and O–H groups in total. The first-order chi connectivity index (χ1) is 10.1. The number of nitrogens with zero attached hydrogens (tertiary/aromatic N) is 2. The van der Waals surface area contributed by atoms with Gasteiger partial charge in [-0.25, -0.2) is 4.39 Å². The molecule has 0 fully saturated rings. The number of anilines is 1. The van der Waals surface area contributed by atoms with E-state index in [1.807, 2.05) is 13.0 Å². The number of hydrogen-bond donors (Lipinski definition) is 2. The Kier molecular flexibility index (Phi) is 3.47. The standard InChI is InChI=1S/C15H17FN4O/c1-9-7-13(20(2)19-9)15(21)18-12-4-3-10-8-17-6-5-11(10)14(12)16/h3-4,7,17H,5-6,8H2,1-2H3,(H,18,21). The lowest BCUT2D eigenvalue weighted by Gasteiger charge is -2.19. The summed E-state index contributed by atoms with van der Waals surface area (Å²) in [6, 6.07) is 5.15. The summed E-state index contributed by atoms with van der Waals surface area (Å²) in [5, 5.41) is 9.95. The van der Waals surface area contributed by atoms with Crippen molar-refractivity contribution in [2.75, 3.05) is 11.9 Å². The molecule has 1 amide bonds. The average Bonchev–Trinajstić information content (AvgIpc) is 2.81. The van der Waals surface area contributed by atoms with Crippen molar-refractivity contribution in [2.24, 2.45) is 7.05 Å². The van der Waals surface area contributed by atoms with E-state index in [2.05, 4.69) is 15.7 Å². The van der Waals surface area contributed by atoms with Crippen molar-refractivity contribution < 1.29 is 9.18 Å². The van der Waals surface area contributed by atoms with Crippen molar-refractivity contribution in [3.05, 3.63) is 46.5 Å². The summed E-state index contributed by atoms with van der Waals surface area (Å²) in [6.45, 7) is 3.23. The molecule has 0 bridgehead atoms. The molecule has 0 radical (unpaired) electrons. The van der Waals surface area contributed by atoms with Gasteiger partial charge in [-0.05, 0) is 43.1 Å². The molecule has 6 heteroatoms. The molecule has 0 unspecified atom stereocenters. The molecule has 0 saturated carbocycles. The van der Waals surface area contributed by atoms with Crippen molar-refractivity contribution in [1.29, 1.82) is 0 Å². The summed E-state index contributed by atoms with van der Waals surface area (Å²) in [6.07, 6.45) is 0.635. The van der Waals surface area contributed by atoms with Crippen LogP contribution in [0, 0.1) is 12.7 Å². The van der Waals surface area contributed by atoms with Crippen LogP contribution >= 0.6 is 0 Å². The fourth-order valence-corrected chi connectivity index (χ4v) is 2.64. The Labute approximate surface area is 122 Å². The lowest BCUT2D eigenvalue weighted by molar-refractivity contribution is 0.101. The molecule has 1 aliphatic rings. The van der Waals surface area contributed by atoms with Crippen molar-refractivity contribution in [3.63, 3.8) is 0 Å². The summed E-state index contributed by atoms with van der Waals surface area (Å²) >= 11 is 0. The smallest absolute Gasteiger partial charge is 0.274 e. The molecule has 0 atom stereocenters. The van der Waals surface area contributed by atoms with Crippen LogP contribution in [0.15, 0.2) is 18.2 Å². The number of benzene rings is 1. The van der Waals surface area contributed by atoms with E-state index in [0.717, 1.165) is 17.8 Å². The SMILES string of the molecule is Cc1cc(C(=O)Nc2ccc3c(c2F)CCNC3)n(C)n1. The number of aromatic nitrogens is 2. The van der Waals surface area contributed by atoms with Crippen LogP contribution in [0.25, 0.3) is 0 Å². The number of carbonyl (C=O) groups is 1. The Morgan fingerprint density at radius 1 is 1.48 bits per heavy atom. The van der Waals surface area contributed by atoms with Gasteiger partial charge in [0.1, 0.15) is 11.5 Å². The maximum Gasteiger partial charge on any atom is 0.274 e. The van der Waals surface area contributed by atoms with Gasteiger partial charge in [0, 0.05) is 13.6 Å². The fourth-order valence-electron chi connectivity index (χ4n) is 2.64. The Morgan fingerprint density at radius 3 is 3.00 bits per heavy atom. The van der Waals surface area contributed by atoms with E-state index in [4.69, 9.17) is 0 Å². The van der Waals surface area contributed by atoms with Gasteiger partial charge in [-0.1, -0.05) is 6.07 Å². The minimum Gasteiger partial charge on any atom is -0.318 e. The monoisotopic (exact) mass is 288 g/mol. The minimum atomic E-state index is -0.356. The van der Waals surface area contributed by atoms with Gasteiger partial charge in [-0.2, -0.15) is 5.10 Å². The van der Waals surface area contributed by atoms with E-state index in [0.29, 0.717) is 24.2 Å². The van der Waals surface area contributed by atoms with Crippen LogP contribution in [-0.2, 0) is 20.0 Å². The molecule has 1 aromatic heterocycles. The van der Waals surface area contributed by atoms with Crippen molar-refractivity contribution in [1.82, 2.24) is 15.1 Å². The molecular weight excluding hydrogens is 271 g/mol. The van der Waals surface area contributed by atoms with Gasteiger partial charge in [-0.15, -0.1) is 0 Å². The third-order valence-corrected chi connectivity index (χ3v) is 3.69. The van der Waals surface area contributed by atoms with Crippen LogP contribution in [0.4, 0.5) is 10.1 Å². The van der Waals surface area contributed by atoms with Gasteiger partial charge in [-0.3, -0.25) is 9.48 Å². The number of nitrogens with one attached hydrogen (secondary N) is 2. The zero-order valence-electron chi connectivity index (χ0n) is 12.0. The van der Waals surface area contributed by atoms with Gasteiger partial charge in [0.25, 0.3) is 5.91 Å². The molecule has 21 heavy (non-hydrogen) atoms. The molecule has 0 saturated heterocycles. The van der Waals surface area contributed by atoms with E-state index in [9.17, 15) is 9.18 Å². The van der Waals surface area contributed by atoms with E-state index < -0.39 is 0 Å². The van der Waals surface area contributed by atoms with E-state index in [1.165, 1.54) is 4.68 Å². The molecule has 0 aliphatic carbocycles. The Hall–Kier alpha value is -2.21. The lowest BCUT2D eigenvalue weighted by atomic mass is 9.99. The topological polar surface area (TPSA) is 59.0 Å². The predicted molar refractivity (Wildman–Crippen MR) is 77.7 cm³/mol.